The Hall–Kier alpha value is -0.810. The maximum Gasteiger partial charge on any atom is 0.178 e. The van der Waals surface area contributed by atoms with Crippen LogP contribution >= 0.6 is 46.8 Å². The Labute approximate surface area is 142 Å². The first-order valence-corrected chi connectivity index (χ1v) is 8.79. The number of rotatable bonds is 4. The number of fused-ring (bicyclic) bond motifs is 1. The van der Waals surface area contributed by atoms with Gasteiger partial charge < -0.3 is 9.55 Å². The van der Waals surface area contributed by atoms with Crippen LogP contribution in [0.2, 0.25) is 10.0 Å². The molecular formula is C15H14Cl2N2S2. The van der Waals surface area contributed by atoms with E-state index >= 15 is 0 Å². The van der Waals surface area contributed by atoms with Crippen molar-refractivity contribution in [1.82, 2.24) is 9.55 Å². The lowest BCUT2D eigenvalue weighted by Crippen LogP contribution is -2.09. The Kier molecular flexibility index (Phi) is 4.41. The van der Waals surface area contributed by atoms with E-state index in [4.69, 9.17) is 35.4 Å². The Bertz CT molecular complexity index is 818. The van der Waals surface area contributed by atoms with Crippen molar-refractivity contribution in [1.29, 1.82) is 0 Å². The van der Waals surface area contributed by atoms with E-state index in [1.165, 1.54) is 4.88 Å². The van der Waals surface area contributed by atoms with E-state index in [1.807, 2.05) is 12.1 Å². The van der Waals surface area contributed by atoms with Crippen LogP contribution in [0.3, 0.4) is 0 Å². The number of H-pyrrole nitrogens is 1. The van der Waals surface area contributed by atoms with Crippen molar-refractivity contribution in [3.8, 4) is 0 Å². The Balaban J connectivity index is 2.24. The summed E-state index contributed by atoms with van der Waals surface area (Å²) in [5, 5.41) is 3.18. The highest BCUT2D eigenvalue weighted by Crippen LogP contribution is 2.34. The van der Waals surface area contributed by atoms with E-state index in [1.54, 1.807) is 11.3 Å². The molecule has 6 heteroatoms. The molecule has 3 aromatic rings. The lowest BCUT2D eigenvalue weighted by atomic mass is 10.1. The Morgan fingerprint density at radius 2 is 2.10 bits per heavy atom. The average molecular weight is 357 g/mol. The summed E-state index contributed by atoms with van der Waals surface area (Å²) in [5.74, 6) is 0. The second-order valence-corrected chi connectivity index (χ2v) is 7.08. The van der Waals surface area contributed by atoms with Gasteiger partial charge in [0.05, 0.1) is 27.1 Å². The lowest BCUT2D eigenvalue weighted by molar-refractivity contribution is 0.548. The number of nitrogens with zero attached hydrogens (tertiary/aromatic N) is 1. The topological polar surface area (TPSA) is 20.7 Å². The molecule has 2 heterocycles. The molecule has 0 amide bonds. The number of benzene rings is 1. The van der Waals surface area contributed by atoms with Gasteiger partial charge in [-0.2, -0.15) is 0 Å². The highest BCUT2D eigenvalue weighted by atomic mass is 35.5. The molecule has 0 spiro atoms. The smallest absolute Gasteiger partial charge is 0.178 e. The van der Waals surface area contributed by atoms with Crippen LogP contribution in [-0.4, -0.2) is 9.55 Å². The fourth-order valence-electron chi connectivity index (χ4n) is 2.58. The largest absolute Gasteiger partial charge is 0.331 e. The van der Waals surface area contributed by atoms with E-state index in [2.05, 4.69) is 34.0 Å². The van der Waals surface area contributed by atoms with Gasteiger partial charge in [0.25, 0.3) is 0 Å². The predicted molar refractivity (Wildman–Crippen MR) is 94.5 cm³/mol. The molecule has 0 saturated heterocycles. The highest BCUT2D eigenvalue weighted by molar-refractivity contribution is 7.71. The van der Waals surface area contributed by atoms with Crippen LogP contribution < -0.4 is 0 Å². The monoisotopic (exact) mass is 356 g/mol. The lowest BCUT2D eigenvalue weighted by Gasteiger charge is -2.18. The van der Waals surface area contributed by atoms with Gasteiger partial charge in [-0.15, -0.1) is 11.3 Å². The summed E-state index contributed by atoms with van der Waals surface area (Å²) in [4.78, 5) is 4.54. The van der Waals surface area contributed by atoms with Crippen molar-refractivity contribution in [2.24, 2.45) is 0 Å². The van der Waals surface area contributed by atoms with Crippen molar-refractivity contribution < 1.29 is 0 Å². The quantitative estimate of drug-likeness (QED) is 0.532. The highest BCUT2D eigenvalue weighted by Gasteiger charge is 2.18. The van der Waals surface area contributed by atoms with Crippen molar-refractivity contribution in [2.75, 3.05) is 0 Å². The minimum absolute atomic E-state index is 0.230. The minimum Gasteiger partial charge on any atom is -0.331 e. The summed E-state index contributed by atoms with van der Waals surface area (Å²) in [6.07, 6.45) is 2.11. The summed E-state index contributed by atoms with van der Waals surface area (Å²) in [7, 11) is 0. The van der Waals surface area contributed by atoms with Crippen LogP contribution in [0, 0.1) is 4.77 Å². The van der Waals surface area contributed by atoms with E-state index in [0.717, 1.165) is 23.9 Å². The molecule has 0 fully saturated rings. The van der Waals surface area contributed by atoms with Crippen molar-refractivity contribution in [3.63, 3.8) is 0 Å². The van der Waals surface area contributed by atoms with Crippen LogP contribution in [-0.2, 0) is 0 Å². The minimum atomic E-state index is 0.230. The third-order valence-electron chi connectivity index (χ3n) is 3.50. The van der Waals surface area contributed by atoms with Crippen molar-refractivity contribution in [3.05, 3.63) is 49.3 Å². The molecule has 2 aromatic heterocycles. The van der Waals surface area contributed by atoms with Crippen LogP contribution in [0.4, 0.5) is 0 Å². The van der Waals surface area contributed by atoms with Crippen LogP contribution in [0.5, 0.6) is 0 Å². The fraction of sp³-hybridized carbons (Fsp3) is 0.267. The van der Waals surface area contributed by atoms with E-state index < -0.39 is 0 Å². The number of hydrogen-bond acceptors (Lipinski definition) is 2. The molecule has 0 aliphatic rings. The zero-order chi connectivity index (χ0) is 15.0. The van der Waals surface area contributed by atoms with Crippen molar-refractivity contribution >= 4 is 57.8 Å². The van der Waals surface area contributed by atoms with Gasteiger partial charge in [-0.05, 0) is 42.2 Å². The molecule has 1 atom stereocenters. The average Bonchev–Trinajstić information content (AvgIpc) is 3.06. The van der Waals surface area contributed by atoms with Crippen LogP contribution in [0.15, 0.2) is 29.6 Å². The van der Waals surface area contributed by atoms with E-state index in [-0.39, 0.29) is 6.04 Å². The molecule has 21 heavy (non-hydrogen) atoms. The number of imidazole rings is 1. The summed E-state index contributed by atoms with van der Waals surface area (Å²) in [6.45, 7) is 2.18. The number of aromatic nitrogens is 2. The predicted octanol–water partition coefficient (Wildman–Crippen LogP) is 6.46. The molecule has 0 radical (unpaired) electrons. The van der Waals surface area contributed by atoms with Gasteiger partial charge in [-0.3, -0.25) is 0 Å². The standard InChI is InChI=1S/C15H14Cl2N2S2/c1-2-4-12(14-5-3-6-21-14)19-13-8-10(17)9(16)7-11(13)18-15(19)20/h3,5-8,12H,2,4H2,1H3,(H,18,20). The molecule has 110 valence electrons. The third kappa shape index (κ3) is 2.78. The maximum atomic E-state index is 6.18. The second-order valence-electron chi connectivity index (χ2n) is 4.90. The van der Waals surface area contributed by atoms with Gasteiger partial charge in [-0.25, -0.2) is 0 Å². The van der Waals surface area contributed by atoms with Gasteiger partial charge >= 0.3 is 0 Å². The molecule has 1 unspecified atom stereocenters. The first-order valence-electron chi connectivity index (χ1n) is 6.74. The Morgan fingerprint density at radius 1 is 1.33 bits per heavy atom. The molecule has 0 aliphatic carbocycles. The Morgan fingerprint density at radius 3 is 2.76 bits per heavy atom. The van der Waals surface area contributed by atoms with Gasteiger partial charge in [0, 0.05) is 4.88 Å². The van der Waals surface area contributed by atoms with Crippen molar-refractivity contribution in [2.45, 2.75) is 25.8 Å². The maximum absolute atomic E-state index is 6.18. The van der Waals surface area contributed by atoms with E-state index in [0.29, 0.717) is 14.8 Å². The third-order valence-corrected chi connectivity index (χ3v) is 5.50. The number of thiophene rings is 1. The summed E-state index contributed by atoms with van der Waals surface area (Å²) >= 11 is 19.6. The van der Waals surface area contributed by atoms with Gasteiger partial charge in [-0.1, -0.05) is 42.6 Å². The fourth-order valence-corrected chi connectivity index (χ4v) is 4.09. The van der Waals surface area contributed by atoms with E-state index in [9.17, 15) is 0 Å². The molecule has 3 rings (SSSR count). The molecule has 0 bridgehead atoms. The van der Waals surface area contributed by atoms with Gasteiger partial charge in [0.1, 0.15) is 0 Å². The first kappa shape index (κ1) is 15.1. The number of hydrogen-bond donors (Lipinski definition) is 1. The first-order chi connectivity index (χ1) is 10.1. The number of nitrogens with one attached hydrogen (secondary N) is 1. The molecular weight excluding hydrogens is 343 g/mol. The SMILES string of the molecule is CCCC(c1cccs1)n1c(=S)[nH]c2cc(Cl)c(Cl)cc21. The normalized spacial score (nSPS) is 12.9. The molecule has 2 nitrogen and oxygen atoms in total. The summed E-state index contributed by atoms with van der Waals surface area (Å²) in [5.41, 5.74) is 1.92. The zero-order valence-corrected chi connectivity index (χ0v) is 14.5. The second kappa shape index (κ2) is 6.13. The van der Waals surface area contributed by atoms with Gasteiger partial charge in [0.2, 0.25) is 0 Å². The summed E-state index contributed by atoms with van der Waals surface area (Å²) < 4.78 is 2.86. The van der Waals surface area contributed by atoms with Crippen LogP contribution in [0.25, 0.3) is 11.0 Å². The molecule has 0 aliphatic heterocycles. The summed E-state index contributed by atoms with van der Waals surface area (Å²) in [6, 6.07) is 8.19. The number of halogens is 2. The number of aromatic amines is 1. The van der Waals surface area contributed by atoms with Crippen LogP contribution in [0.1, 0.15) is 30.7 Å². The molecule has 1 aromatic carbocycles. The zero-order valence-electron chi connectivity index (χ0n) is 11.4. The molecule has 1 N–H and O–H groups in total. The van der Waals surface area contributed by atoms with Gasteiger partial charge in [0.15, 0.2) is 4.77 Å². The molecule has 0 saturated carbocycles.